The van der Waals surface area contributed by atoms with Crippen molar-refractivity contribution in [2.75, 3.05) is 31.0 Å². The predicted molar refractivity (Wildman–Crippen MR) is 121 cm³/mol. The lowest BCUT2D eigenvalue weighted by Gasteiger charge is -2.32. The van der Waals surface area contributed by atoms with Crippen LogP contribution in [0.4, 0.5) is 5.69 Å². The first-order valence-corrected chi connectivity index (χ1v) is 11.9. The number of rotatable bonds is 6. The average molecular weight is 444 g/mol. The van der Waals surface area contributed by atoms with Crippen molar-refractivity contribution in [2.24, 2.45) is 5.92 Å². The van der Waals surface area contributed by atoms with E-state index in [4.69, 9.17) is 0 Å². The highest BCUT2D eigenvalue weighted by Crippen LogP contribution is 2.24. The zero-order chi connectivity index (χ0) is 22.6. The second-order valence-electron chi connectivity index (χ2n) is 7.82. The fraction of sp³-hybridized carbons (Fsp3) is 0.391. The number of anilines is 1. The smallest absolute Gasteiger partial charge is 0.264 e. The Labute approximate surface area is 184 Å². The van der Waals surface area contributed by atoms with Gasteiger partial charge in [-0.3, -0.25) is 13.9 Å². The Morgan fingerprint density at radius 3 is 2.35 bits per heavy atom. The highest BCUT2D eigenvalue weighted by Gasteiger charge is 2.29. The lowest BCUT2D eigenvalue weighted by Crippen LogP contribution is -2.45. The summed E-state index contributed by atoms with van der Waals surface area (Å²) in [7, 11) is -2.20. The van der Waals surface area contributed by atoms with Crippen LogP contribution in [-0.2, 0) is 14.8 Å². The molecule has 2 aromatic rings. The van der Waals surface area contributed by atoms with Crippen molar-refractivity contribution in [3.05, 3.63) is 59.7 Å². The van der Waals surface area contributed by atoms with Gasteiger partial charge in [0.05, 0.1) is 16.5 Å². The number of likely N-dealkylation sites (tertiary alicyclic amines) is 1. The first-order chi connectivity index (χ1) is 14.7. The molecular formula is C23H29N3O4S. The molecule has 1 fully saturated rings. The Morgan fingerprint density at radius 2 is 1.74 bits per heavy atom. The van der Waals surface area contributed by atoms with E-state index in [1.165, 1.54) is 11.4 Å². The van der Waals surface area contributed by atoms with Crippen molar-refractivity contribution in [2.45, 2.75) is 31.6 Å². The monoisotopic (exact) mass is 443 g/mol. The van der Waals surface area contributed by atoms with Crippen molar-refractivity contribution < 1.29 is 18.0 Å². The number of nitrogens with zero attached hydrogens (tertiary/aromatic N) is 2. The van der Waals surface area contributed by atoms with Gasteiger partial charge in [-0.1, -0.05) is 17.7 Å². The molecule has 0 aliphatic carbocycles. The Kier molecular flexibility index (Phi) is 7.00. The van der Waals surface area contributed by atoms with E-state index in [1.54, 1.807) is 53.4 Å². The third-order valence-corrected chi connectivity index (χ3v) is 7.39. The van der Waals surface area contributed by atoms with Crippen LogP contribution in [0.1, 0.15) is 35.7 Å². The molecule has 7 nitrogen and oxygen atoms in total. The van der Waals surface area contributed by atoms with Gasteiger partial charge in [-0.25, -0.2) is 8.42 Å². The number of piperidine rings is 1. The Bertz CT molecular complexity index is 1030. The third kappa shape index (κ3) is 5.07. The molecule has 31 heavy (non-hydrogen) atoms. The van der Waals surface area contributed by atoms with Gasteiger partial charge in [0, 0.05) is 32.2 Å². The molecule has 1 heterocycles. The second-order valence-corrected chi connectivity index (χ2v) is 9.79. The summed E-state index contributed by atoms with van der Waals surface area (Å²) in [6.45, 7) is 5.36. The van der Waals surface area contributed by atoms with Crippen molar-refractivity contribution in [3.8, 4) is 0 Å². The number of carbonyl (C=O) groups excluding carboxylic acids is 2. The Morgan fingerprint density at radius 1 is 1.10 bits per heavy atom. The maximum absolute atomic E-state index is 12.9. The normalized spacial score (nSPS) is 16.6. The SMILES string of the molecule is CCNC(=O)C1CCCN(C(=O)c2ccc(N(C)S(=O)(=O)c3ccc(C)cc3)cc2)C1. The van der Waals surface area contributed by atoms with Crippen molar-refractivity contribution in [1.82, 2.24) is 10.2 Å². The lowest BCUT2D eigenvalue weighted by atomic mass is 9.96. The molecular weight excluding hydrogens is 414 g/mol. The molecule has 1 N–H and O–H groups in total. The van der Waals surface area contributed by atoms with E-state index in [2.05, 4.69) is 5.32 Å². The molecule has 2 amide bonds. The van der Waals surface area contributed by atoms with E-state index in [0.29, 0.717) is 30.9 Å². The molecule has 0 bridgehead atoms. The summed E-state index contributed by atoms with van der Waals surface area (Å²) in [4.78, 5) is 27.0. The molecule has 0 spiro atoms. The van der Waals surface area contributed by atoms with Crippen LogP contribution in [0.2, 0.25) is 0 Å². The summed E-state index contributed by atoms with van der Waals surface area (Å²) in [5.74, 6) is -0.356. The fourth-order valence-corrected chi connectivity index (χ4v) is 4.89. The summed E-state index contributed by atoms with van der Waals surface area (Å²) in [5.41, 5.74) is 1.92. The third-order valence-electron chi connectivity index (χ3n) is 5.59. The molecule has 1 atom stereocenters. The van der Waals surface area contributed by atoms with Gasteiger partial charge >= 0.3 is 0 Å². The minimum Gasteiger partial charge on any atom is -0.356 e. The van der Waals surface area contributed by atoms with Gasteiger partial charge in [0.2, 0.25) is 5.91 Å². The summed E-state index contributed by atoms with van der Waals surface area (Å²) in [6.07, 6.45) is 1.55. The van der Waals surface area contributed by atoms with Crippen LogP contribution in [0.15, 0.2) is 53.4 Å². The Balaban J connectivity index is 1.72. The largest absolute Gasteiger partial charge is 0.356 e. The van der Waals surface area contributed by atoms with Crippen molar-refractivity contribution in [3.63, 3.8) is 0 Å². The van der Waals surface area contributed by atoms with Crippen molar-refractivity contribution in [1.29, 1.82) is 0 Å². The summed E-state index contributed by atoms with van der Waals surface area (Å²) in [6, 6.07) is 13.2. The number of hydrogen-bond donors (Lipinski definition) is 1. The van der Waals surface area contributed by atoms with E-state index in [1.807, 2.05) is 13.8 Å². The molecule has 0 aromatic heterocycles. The topological polar surface area (TPSA) is 86.8 Å². The maximum Gasteiger partial charge on any atom is 0.264 e. The minimum atomic E-state index is -3.69. The summed E-state index contributed by atoms with van der Waals surface area (Å²) in [5, 5.41) is 2.83. The zero-order valence-electron chi connectivity index (χ0n) is 18.2. The lowest BCUT2D eigenvalue weighted by molar-refractivity contribution is -0.126. The van der Waals surface area contributed by atoms with Gasteiger partial charge in [-0.2, -0.15) is 0 Å². The fourth-order valence-electron chi connectivity index (χ4n) is 3.70. The van der Waals surface area contributed by atoms with Crippen LogP contribution in [0.25, 0.3) is 0 Å². The second kappa shape index (κ2) is 9.51. The van der Waals surface area contributed by atoms with E-state index < -0.39 is 10.0 Å². The number of benzene rings is 2. The van der Waals surface area contributed by atoms with Crippen LogP contribution >= 0.6 is 0 Å². The maximum atomic E-state index is 12.9. The molecule has 0 saturated carbocycles. The number of aryl methyl sites for hydroxylation is 1. The van der Waals surface area contributed by atoms with E-state index in [0.717, 1.165) is 18.4 Å². The van der Waals surface area contributed by atoms with E-state index in [9.17, 15) is 18.0 Å². The summed E-state index contributed by atoms with van der Waals surface area (Å²) >= 11 is 0. The standard InChI is InChI=1S/C23H29N3O4S/c1-4-24-22(27)19-6-5-15-26(16-19)23(28)18-9-11-20(12-10-18)25(3)31(29,30)21-13-7-17(2)8-14-21/h7-14,19H,4-6,15-16H2,1-3H3,(H,24,27). The van der Waals surface area contributed by atoms with E-state index in [-0.39, 0.29) is 22.6 Å². The predicted octanol–water partition coefficient (Wildman–Crippen LogP) is 2.81. The first-order valence-electron chi connectivity index (χ1n) is 10.5. The molecule has 166 valence electrons. The molecule has 1 aliphatic heterocycles. The molecule has 2 aromatic carbocycles. The van der Waals surface area contributed by atoms with E-state index >= 15 is 0 Å². The highest BCUT2D eigenvalue weighted by atomic mass is 32.2. The van der Waals surface area contributed by atoms with Crippen LogP contribution in [0.5, 0.6) is 0 Å². The van der Waals surface area contributed by atoms with Gasteiger partial charge in [0.25, 0.3) is 15.9 Å². The molecule has 1 unspecified atom stereocenters. The van der Waals surface area contributed by atoms with Crippen molar-refractivity contribution >= 4 is 27.5 Å². The highest BCUT2D eigenvalue weighted by molar-refractivity contribution is 7.92. The number of sulfonamides is 1. The number of hydrogen-bond acceptors (Lipinski definition) is 4. The van der Waals surface area contributed by atoms with Gasteiger partial charge in [-0.05, 0) is 63.1 Å². The molecule has 1 saturated heterocycles. The average Bonchev–Trinajstić information content (AvgIpc) is 2.78. The van der Waals surface area contributed by atoms with Gasteiger partial charge < -0.3 is 10.2 Å². The summed E-state index contributed by atoms with van der Waals surface area (Å²) < 4.78 is 27.0. The van der Waals surface area contributed by atoms with Crippen LogP contribution in [0, 0.1) is 12.8 Å². The zero-order valence-corrected chi connectivity index (χ0v) is 19.0. The molecule has 0 radical (unpaired) electrons. The van der Waals surface area contributed by atoms with Gasteiger partial charge in [0.1, 0.15) is 0 Å². The molecule has 1 aliphatic rings. The van der Waals surface area contributed by atoms with Crippen LogP contribution in [0.3, 0.4) is 0 Å². The molecule has 3 rings (SSSR count). The Hall–Kier alpha value is -2.87. The first kappa shape index (κ1) is 22.8. The molecule has 8 heteroatoms. The minimum absolute atomic E-state index is 0.0155. The number of nitrogens with one attached hydrogen (secondary N) is 1. The number of carbonyl (C=O) groups is 2. The number of amides is 2. The van der Waals surface area contributed by atoms with Gasteiger partial charge in [0.15, 0.2) is 0 Å². The van der Waals surface area contributed by atoms with Crippen LogP contribution in [-0.4, -0.2) is 51.8 Å². The quantitative estimate of drug-likeness (QED) is 0.744. The van der Waals surface area contributed by atoms with Gasteiger partial charge in [-0.15, -0.1) is 0 Å². The van der Waals surface area contributed by atoms with Crippen LogP contribution < -0.4 is 9.62 Å².